The van der Waals surface area contributed by atoms with Gasteiger partial charge in [0.1, 0.15) is 5.75 Å². The zero-order valence-electron chi connectivity index (χ0n) is 12.7. The molecule has 104 valence electrons. The van der Waals surface area contributed by atoms with Crippen molar-refractivity contribution in [3.05, 3.63) is 30.3 Å². The quantitative estimate of drug-likeness (QED) is 0.779. The number of phenols is 1. The third-order valence-corrected chi connectivity index (χ3v) is 4.69. The lowest BCUT2D eigenvalue weighted by Gasteiger charge is -2.33. The molecule has 1 aromatic rings. The van der Waals surface area contributed by atoms with Crippen LogP contribution in [0.15, 0.2) is 30.3 Å². The van der Waals surface area contributed by atoms with Gasteiger partial charge in [-0.1, -0.05) is 59.7 Å². The molecule has 1 aromatic carbocycles. The number of aromatic hydroxyl groups is 1. The Kier molecular flexibility index (Phi) is 7.46. The van der Waals surface area contributed by atoms with Gasteiger partial charge in [-0.25, -0.2) is 0 Å². The third kappa shape index (κ3) is 8.46. The van der Waals surface area contributed by atoms with Crippen LogP contribution in [-0.4, -0.2) is 14.6 Å². The van der Waals surface area contributed by atoms with Gasteiger partial charge in [0.25, 0.3) is 0 Å². The first-order chi connectivity index (χ1) is 8.22. The topological polar surface area (TPSA) is 20.2 Å². The van der Waals surface area contributed by atoms with Gasteiger partial charge in [0.2, 0.25) is 0 Å². The molecule has 1 nitrogen and oxygen atoms in total. The summed E-state index contributed by atoms with van der Waals surface area (Å²) in [7, 11) is 0. The molecule has 0 spiro atoms. The van der Waals surface area contributed by atoms with Gasteiger partial charge >= 0.3 is 0 Å². The van der Waals surface area contributed by atoms with Crippen molar-refractivity contribution in [2.75, 3.05) is 0 Å². The van der Waals surface area contributed by atoms with E-state index < -0.39 is 0 Å². The van der Waals surface area contributed by atoms with Crippen molar-refractivity contribution in [2.24, 2.45) is 0 Å². The van der Waals surface area contributed by atoms with Crippen molar-refractivity contribution in [2.45, 2.75) is 63.9 Å². The summed E-state index contributed by atoms with van der Waals surface area (Å²) in [6, 6.07) is 8.71. The molecule has 18 heavy (non-hydrogen) atoms. The van der Waals surface area contributed by atoms with Crippen molar-refractivity contribution in [3.8, 4) is 5.75 Å². The fourth-order valence-electron chi connectivity index (χ4n) is 1.32. The van der Waals surface area contributed by atoms with E-state index in [1.807, 2.05) is 6.07 Å². The Hall–Kier alpha value is -0.630. The maximum absolute atomic E-state index is 8.63. The zero-order chi connectivity index (χ0) is 14.2. The molecule has 0 heterocycles. The summed E-state index contributed by atoms with van der Waals surface area (Å²) in [4.78, 5) is 0. The van der Waals surface area contributed by atoms with E-state index in [9.17, 15) is 0 Å². The fraction of sp³-hybridized carbons (Fsp3) is 0.625. The van der Waals surface area contributed by atoms with Gasteiger partial charge < -0.3 is 5.11 Å². The standard InChI is InChI=1S/C10H22S.C6H6O/c1-7-9(3,4)11-10(5,6)8-2;7-6-4-2-1-3-5-6/h7-8H2,1-6H3;1-5,7H. The second-order valence-corrected chi connectivity index (χ2v) is 8.08. The molecular weight excluding hydrogens is 240 g/mol. The Morgan fingerprint density at radius 2 is 1.28 bits per heavy atom. The highest BCUT2D eigenvalue weighted by Gasteiger charge is 2.26. The Balaban J connectivity index is 0.000000351. The Morgan fingerprint density at radius 1 is 0.889 bits per heavy atom. The number of hydrogen-bond acceptors (Lipinski definition) is 2. The Labute approximate surface area is 117 Å². The van der Waals surface area contributed by atoms with Gasteiger partial charge in [0, 0.05) is 9.49 Å². The largest absolute Gasteiger partial charge is 0.508 e. The number of phenolic OH excluding ortho intramolecular Hbond substituents is 1. The normalized spacial score (nSPS) is 11.7. The summed E-state index contributed by atoms with van der Waals surface area (Å²) in [5.41, 5.74) is 0. The van der Waals surface area contributed by atoms with Crippen molar-refractivity contribution in [3.63, 3.8) is 0 Å². The number of para-hydroxylation sites is 1. The summed E-state index contributed by atoms with van der Waals surface area (Å²) in [5.74, 6) is 0.322. The first kappa shape index (κ1) is 17.4. The monoisotopic (exact) mass is 268 g/mol. The number of thioether (sulfide) groups is 1. The number of benzene rings is 1. The van der Waals surface area contributed by atoms with Gasteiger partial charge in [0.05, 0.1) is 0 Å². The molecule has 0 radical (unpaired) electrons. The first-order valence-corrected chi connectivity index (χ1v) is 7.48. The molecule has 0 bridgehead atoms. The molecule has 2 heteroatoms. The molecule has 1 N–H and O–H groups in total. The smallest absolute Gasteiger partial charge is 0.115 e. The minimum absolute atomic E-state index is 0.322. The Bertz CT molecular complexity index is 303. The van der Waals surface area contributed by atoms with Crippen LogP contribution in [-0.2, 0) is 0 Å². The van der Waals surface area contributed by atoms with Gasteiger partial charge in [0.15, 0.2) is 0 Å². The second kappa shape index (κ2) is 7.73. The molecule has 0 atom stereocenters. The van der Waals surface area contributed by atoms with Crippen LogP contribution in [0.2, 0.25) is 0 Å². The zero-order valence-corrected chi connectivity index (χ0v) is 13.5. The molecule has 0 fully saturated rings. The van der Waals surface area contributed by atoms with Crippen LogP contribution in [0.25, 0.3) is 0 Å². The van der Waals surface area contributed by atoms with Gasteiger partial charge in [-0.3, -0.25) is 0 Å². The molecule has 0 saturated carbocycles. The molecule has 0 saturated heterocycles. The molecule has 0 amide bonds. The predicted octanol–water partition coefficient (Wildman–Crippen LogP) is 5.49. The lowest BCUT2D eigenvalue weighted by molar-refractivity contribution is 0.475. The van der Waals surface area contributed by atoms with Gasteiger partial charge in [-0.05, 0) is 25.0 Å². The maximum atomic E-state index is 8.63. The third-order valence-electron chi connectivity index (χ3n) is 3.01. The van der Waals surface area contributed by atoms with Crippen molar-refractivity contribution < 1.29 is 5.11 Å². The first-order valence-electron chi connectivity index (χ1n) is 6.66. The van der Waals surface area contributed by atoms with Crippen LogP contribution in [0.4, 0.5) is 0 Å². The minimum atomic E-state index is 0.322. The van der Waals surface area contributed by atoms with Crippen molar-refractivity contribution in [1.82, 2.24) is 0 Å². The van der Waals surface area contributed by atoms with E-state index in [0.29, 0.717) is 15.2 Å². The average molecular weight is 268 g/mol. The minimum Gasteiger partial charge on any atom is -0.508 e. The summed E-state index contributed by atoms with van der Waals surface area (Å²) >= 11 is 2.10. The molecular formula is C16H28OS. The lowest BCUT2D eigenvalue weighted by Crippen LogP contribution is -2.24. The van der Waals surface area contributed by atoms with Crippen molar-refractivity contribution >= 4 is 11.8 Å². The molecule has 0 aliphatic heterocycles. The van der Waals surface area contributed by atoms with Crippen LogP contribution in [0.1, 0.15) is 54.4 Å². The molecule has 0 aromatic heterocycles. The van der Waals surface area contributed by atoms with Gasteiger partial charge in [-0.15, -0.1) is 11.8 Å². The van der Waals surface area contributed by atoms with Crippen LogP contribution in [0.3, 0.4) is 0 Å². The summed E-state index contributed by atoms with van der Waals surface area (Å²) in [5, 5.41) is 8.63. The number of rotatable bonds is 4. The summed E-state index contributed by atoms with van der Waals surface area (Å²) in [6.45, 7) is 13.8. The molecule has 0 aliphatic rings. The highest BCUT2D eigenvalue weighted by Crippen LogP contribution is 2.40. The van der Waals surface area contributed by atoms with Crippen LogP contribution >= 0.6 is 11.8 Å². The summed E-state index contributed by atoms with van der Waals surface area (Å²) in [6.07, 6.45) is 2.50. The lowest BCUT2D eigenvalue weighted by atomic mass is 10.1. The van der Waals surface area contributed by atoms with E-state index in [-0.39, 0.29) is 0 Å². The average Bonchev–Trinajstić information content (AvgIpc) is 2.30. The van der Waals surface area contributed by atoms with E-state index in [2.05, 4.69) is 53.3 Å². The maximum Gasteiger partial charge on any atom is 0.115 e. The van der Waals surface area contributed by atoms with E-state index in [1.54, 1.807) is 24.3 Å². The molecule has 0 unspecified atom stereocenters. The van der Waals surface area contributed by atoms with Crippen molar-refractivity contribution in [1.29, 1.82) is 0 Å². The van der Waals surface area contributed by atoms with E-state index >= 15 is 0 Å². The molecule has 1 rings (SSSR count). The van der Waals surface area contributed by atoms with E-state index in [1.165, 1.54) is 12.8 Å². The summed E-state index contributed by atoms with van der Waals surface area (Å²) < 4.78 is 0.888. The highest BCUT2D eigenvalue weighted by molar-refractivity contribution is 8.01. The highest BCUT2D eigenvalue weighted by atomic mass is 32.2. The second-order valence-electron chi connectivity index (χ2n) is 5.66. The SMILES string of the molecule is CCC(C)(C)SC(C)(C)CC.Oc1ccccc1. The van der Waals surface area contributed by atoms with Crippen LogP contribution in [0.5, 0.6) is 5.75 Å². The Morgan fingerprint density at radius 3 is 1.50 bits per heavy atom. The fourth-order valence-corrected chi connectivity index (χ4v) is 3.10. The molecule has 0 aliphatic carbocycles. The van der Waals surface area contributed by atoms with Crippen LogP contribution in [0, 0.1) is 0 Å². The van der Waals surface area contributed by atoms with E-state index in [4.69, 9.17) is 5.11 Å². The predicted molar refractivity (Wildman–Crippen MR) is 84.4 cm³/mol. The van der Waals surface area contributed by atoms with Gasteiger partial charge in [-0.2, -0.15) is 0 Å². The number of hydrogen-bond donors (Lipinski definition) is 1. The van der Waals surface area contributed by atoms with Crippen LogP contribution < -0.4 is 0 Å². The van der Waals surface area contributed by atoms with E-state index in [0.717, 1.165) is 0 Å².